The highest BCUT2D eigenvalue weighted by Crippen LogP contribution is 2.36. The second kappa shape index (κ2) is 6.30. The number of carbonyl (C=O) groups excluding carboxylic acids is 1. The molecule has 5 nitrogen and oxygen atoms in total. The third-order valence-electron chi connectivity index (χ3n) is 5.08. The van der Waals surface area contributed by atoms with Gasteiger partial charge in [-0.05, 0) is 31.9 Å². The summed E-state index contributed by atoms with van der Waals surface area (Å²) >= 11 is 0. The molecule has 0 bridgehead atoms. The molecule has 2 atom stereocenters. The third kappa shape index (κ3) is 2.68. The molecular weight excluding hydrogens is 300 g/mol. The van der Waals surface area contributed by atoms with E-state index in [-0.39, 0.29) is 12.1 Å². The highest BCUT2D eigenvalue weighted by Gasteiger charge is 2.31. The first kappa shape index (κ1) is 16.6. The van der Waals surface area contributed by atoms with Crippen LogP contribution in [0.4, 0.5) is 10.5 Å². The first-order valence-electron chi connectivity index (χ1n) is 8.61. The molecule has 1 aliphatic rings. The molecule has 2 aromatic rings. The van der Waals surface area contributed by atoms with Crippen LogP contribution in [-0.2, 0) is 7.05 Å². The van der Waals surface area contributed by atoms with Crippen molar-refractivity contribution in [3.8, 4) is 0 Å². The largest absolute Gasteiger partial charge is 0.331 e. The molecule has 1 aromatic carbocycles. The number of aryl methyl sites for hydroxylation is 2. The molecule has 2 heterocycles. The van der Waals surface area contributed by atoms with Crippen molar-refractivity contribution in [2.45, 2.75) is 46.1 Å². The molecule has 24 heavy (non-hydrogen) atoms. The molecule has 0 radical (unpaired) electrons. The number of para-hydroxylation sites is 1. The molecule has 0 saturated heterocycles. The van der Waals surface area contributed by atoms with Crippen molar-refractivity contribution in [3.63, 3.8) is 0 Å². The van der Waals surface area contributed by atoms with Crippen LogP contribution in [0.15, 0.2) is 24.3 Å². The van der Waals surface area contributed by atoms with E-state index in [0.717, 1.165) is 35.6 Å². The van der Waals surface area contributed by atoms with Crippen LogP contribution in [0.1, 0.15) is 54.7 Å². The molecule has 5 heteroatoms. The maximum atomic E-state index is 12.9. The first-order valence-corrected chi connectivity index (χ1v) is 8.61. The molecule has 0 fully saturated rings. The summed E-state index contributed by atoms with van der Waals surface area (Å²) < 4.78 is 1.88. The lowest BCUT2D eigenvalue weighted by Crippen LogP contribution is -2.41. The van der Waals surface area contributed by atoms with E-state index in [1.54, 1.807) is 0 Å². The van der Waals surface area contributed by atoms with E-state index < -0.39 is 0 Å². The van der Waals surface area contributed by atoms with Crippen molar-refractivity contribution in [1.82, 2.24) is 15.1 Å². The number of hydrogen-bond acceptors (Lipinski definition) is 2. The Morgan fingerprint density at radius 2 is 2.08 bits per heavy atom. The molecule has 0 aliphatic carbocycles. The van der Waals surface area contributed by atoms with Crippen LogP contribution in [0, 0.1) is 13.8 Å². The number of fused-ring (bicyclic) bond motifs is 1. The van der Waals surface area contributed by atoms with Gasteiger partial charge in [0, 0.05) is 36.5 Å². The van der Waals surface area contributed by atoms with Crippen LogP contribution in [0.5, 0.6) is 0 Å². The maximum Gasteiger partial charge on any atom is 0.322 e. The van der Waals surface area contributed by atoms with Crippen LogP contribution < -0.4 is 10.2 Å². The number of rotatable bonds is 3. The second-order valence-electron chi connectivity index (χ2n) is 6.69. The zero-order valence-electron chi connectivity index (χ0n) is 15.1. The fourth-order valence-electron chi connectivity index (χ4n) is 3.71. The van der Waals surface area contributed by atoms with Gasteiger partial charge in [0.05, 0.1) is 11.7 Å². The SMILES string of the molecule is CCC(NC(=O)N1CC(C)c2ccccc21)c1c(C)nn(C)c1C. The van der Waals surface area contributed by atoms with Crippen molar-refractivity contribution in [2.75, 3.05) is 11.4 Å². The zero-order valence-corrected chi connectivity index (χ0v) is 15.1. The van der Waals surface area contributed by atoms with Gasteiger partial charge in [-0.1, -0.05) is 32.0 Å². The fourth-order valence-corrected chi connectivity index (χ4v) is 3.71. The average Bonchev–Trinajstić information content (AvgIpc) is 3.03. The number of carbonyl (C=O) groups is 1. The molecule has 2 amide bonds. The minimum atomic E-state index is -0.0266. The normalized spacial score (nSPS) is 17.7. The van der Waals surface area contributed by atoms with Crippen molar-refractivity contribution in [3.05, 3.63) is 46.8 Å². The van der Waals surface area contributed by atoms with E-state index in [0.29, 0.717) is 5.92 Å². The number of amides is 2. The van der Waals surface area contributed by atoms with Gasteiger partial charge in [0.25, 0.3) is 0 Å². The molecule has 128 valence electrons. The lowest BCUT2D eigenvalue weighted by Gasteiger charge is -2.24. The average molecular weight is 326 g/mol. The van der Waals surface area contributed by atoms with Crippen LogP contribution in [0.3, 0.4) is 0 Å². The Morgan fingerprint density at radius 3 is 2.71 bits per heavy atom. The van der Waals surface area contributed by atoms with E-state index in [9.17, 15) is 4.79 Å². The van der Waals surface area contributed by atoms with Crippen molar-refractivity contribution in [1.29, 1.82) is 0 Å². The monoisotopic (exact) mass is 326 g/mol. The molecule has 1 N–H and O–H groups in total. The topological polar surface area (TPSA) is 50.2 Å². The van der Waals surface area contributed by atoms with Gasteiger partial charge in [-0.25, -0.2) is 4.79 Å². The van der Waals surface area contributed by atoms with Crippen molar-refractivity contribution < 1.29 is 4.79 Å². The van der Waals surface area contributed by atoms with Gasteiger partial charge in [-0.2, -0.15) is 5.10 Å². The van der Waals surface area contributed by atoms with Crippen molar-refractivity contribution in [2.24, 2.45) is 7.05 Å². The number of hydrogen-bond donors (Lipinski definition) is 1. The van der Waals surface area contributed by atoms with Gasteiger partial charge in [0.2, 0.25) is 0 Å². The molecule has 0 saturated carbocycles. The van der Waals surface area contributed by atoms with Gasteiger partial charge >= 0.3 is 6.03 Å². The molecular formula is C19H26N4O. The number of nitrogens with zero attached hydrogens (tertiary/aromatic N) is 3. The Labute approximate surface area is 143 Å². The summed E-state index contributed by atoms with van der Waals surface area (Å²) in [5.41, 5.74) is 5.49. The molecule has 1 aromatic heterocycles. The fraction of sp³-hybridized carbons (Fsp3) is 0.474. The van der Waals surface area contributed by atoms with E-state index >= 15 is 0 Å². The third-order valence-corrected chi connectivity index (χ3v) is 5.08. The Bertz CT molecular complexity index is 765. The predicted molar refractivity (Wildman–Crippen MR) is 96.4 cm³/mol. The Hall–Kier alpha value is -2.30. The lowest BCUT2D eigenvalue weighted by atomic mass is 10.0. The summed E-state index contributed by atoms with van der Waals surface area (Å²) in [4.78, 5) is 14.8. The first-order chi connectivity index (χ1) is 11.4. The number of nitrogens with one attached hydrogen (secondary N) is 1. The van der Waals surface area contributed by atoms with Crippen LogP contribution in [-0.4, -0.2) is 22.4 Å². The van der Waals surface area contributed by atoms with Crippen LogP contribution in [0.2, 0.25) is 0 Å². The Balaban J connectivity index is 1.84. The van der Waals surface area contributed by atoms with Gasteiger partial charge in [-0.3, -0.25) is 9.58 Å². The maximum absolute atomic E-state index is 12.9. The Kier molecular flexibility index (Phi) is 4.35. The van der Waals surface area contributed by atoms with Crippen LogP contribution >= 0.6 is 0 Å². The highest BCUT2D eigenvalue weighted by atomic mass is 16.2. The quantitative estimate of drug-likeness (QED) is 0.932. The number of anilines is 1. The summed E-state index contributed by atoms with van der Waals surface area (Å²) in [7, 11) is 1.94. The predicted octanol–water partition coefficient (Wildman–Crippen LogP) is 3.82. The molecule has 1 aliphatic heterocycles. The van der Waals surface area contributed by atoms with E-state index in [1.807, 2.05) is 41.8 Å². The molecule has 3 rings (SSSR count). The number of aromatic nitrogens is 2. The minimum Gasteiger partial charge on any atom is -0.331 e. The molecule has 2 unspecified atom stereocenters. The standard InChI is InChI=1S/C19H26N4O/c1-6-16(18-13(3)21-22(5)14(18)4)20-19(24)23-11-12(2)15-9-7-8-10-17(15)23/h7-10,12,16H,6,11H2,1-5H3,(H,20,24). The van der Waals surface area contributed by atoms with Crippen molar-refractivity contribution >= 4 is 11.7 Å². The summed E-state index contributed by atoms with van der Waals surface area (Å²) in [5, 5.41) is 7.70. The molecule has 0 spiro atoms. The lowest BCUT2D eigenvalue weighted by molar-refractivity contribution is 0.242. The second-order valence-corrected chi connectivity index (χ2v) is 6.69. The summed E-state index contributed by atoms with van der Waals surface area (Å²) in [5.74, 6) is 0.369. The highest BCUT2D eigenvalue weighted by molar-refractivity contribution is 5.94. The van der Waals surface area contributed by atoms with E-state index in [2.05, 4.69) is 37.3 Å². The smallest absolute Gasteiger partial charge is 0.322 e. The number of urea groups is 1. The zero-order chi connectivity index (χ0) is 17.4. The Morgan fingerprint density at radius 1 is 1.38 bits per heavy atom. The van der Waals surface area contributed by atoms with E-state index in [4.69, 9.17) is 0 Å². The summed E-state index contributed by atoms with van der Waals surface area (Å²) in [6.07, 6.45) is 0.837. The van der Waals surface area contributed by atoms with Gasteiger partial charge in [-0.15, -0.1) is 0 Å². The summed E-state index contributed by atoms with van der Waals surface area (Å²) in [6.45, 7) is 9.05. The van der Waals surface area contributed by atoms with Gasteiger partial charge in [0.1, 0.15) is 0 Å². The minimum absolute atomic E-state index is 0.0192. The van der Waals surface area contributed by atoms with Gasteiger partial charge < -0.3 is 5.32 Å². The summed E-state index contributed by atoms with van der Waals surface area (Å²) in [6, 6.07) is 8.12. The number of benzene rings is 1. The van der Waals surface area contributed by atoms with E-state index in [1.165, 1.54) is 5.56 Å². The van der Waals surface area contributed by atoms with Gasteiger partial charge in [0.15, 0.2) is 0 Å². The van der Waals surface area contributed by atoms with Crippen LogP contribution in [0.25, 0.3) is 0 Å².